The first-order valence-electron chi connectivity index (χ1n) is 7.98. The van der Waals surface area contributed by atoms with Gasteiger partial charge in [-0.05, 0) is 18.6 Å². The van der Waals surface area contributed by atoms with Crippen LogP contribution in [0.4, 0.5) is 0 Å². The minimum Gasteiger partial charge on any atom is -0.480 e. The van der Waals surface area contributed by atoms with Crippen molar-refractivity contribution < 1.29 is 39.0 Å². The summed E-state index contributed by atoms with van der Waals surface area (Å²) in [4.78, 5) is 68.6. The summed E-state index contributed by atoms with van der Waals surface area (Å²) in [6.07, 6.45) is 2.82. The fourth-order valence-corrected chi connectivity index (χ4v) is 2.91. The molecule has 0 saturated heterocycles. The van der Waals surface area contributed by atoms with Gasteiger partial charge in [-0.15, -0.1) is 11.8 Å². The molecule has 0 fully saturated rings. The van der Waals surface area contributed by atoms with E-state index in [0.717, 1.165) is 30.0 Å². The van der Waals surface area contributed by atoms with Crippen LogP contribution in [-0.2, 0) is 28.8 Å². The van der Waals surface area contributed by atoms with Gasteiger partial charge < -0.3 is 26.6 Å². The highest BCUT2D eigenvalue weighted by Crippen LogP contribution is 2.21. The van der Waals surface area contributed by atoms with Crippen LogP contribution in [0.15, 0.2) is 23.1 Å². The molecule has 0 heterocycles. The number of ketones is 2. The Bertz CT molecular complexity index is 746. The maximum atomic E-state index is 12.1. The standard InChI is InChI=1S/C16H19N3O8S/c17-9(16(26)27)2-4-13(22)19-10(15(25)18-6-14(23)24)7-28-12-5-8(20)1-3-11(12)21/h1,3,5,9-10H,2,4,6-7,17H2,(H,18,25)(H,19,22)(H,23,24)(H,26,27). The second kappa shape index (κ2) is 11.0. The Morgan fingerprint density at radius 2 is 1.82 bits per heavy atom. The van der Waals surface area contributed by atoms with E-state index in [2.05, 4.69) is 10.6 Å². The van der Waals surface area contributed by atoms with Gasteiger partial charge in [-0.1, -0.05) is 0 Å². The Kier molecular flexibility index (Phi) is 9.05. The Labute approximate surface area is 163 Å². The largest absolute Gasteiger partial charge is 0.480 e. The molecule has 0 saturated carbocycles. The van der Waals surface area contributed by atoms with Gasteiger partial charge in [0.15, 0.2) is 11.6 Å². The van der Waals surface area contributed by atoms with Crippen LogP contribution >= 0.6 is 11.8 Å². The zero-order valence-electron chi connectivity index (χ0n) is 14.5. The third kappa shape index (κ3) is 8.14. The Morgan fingerprint density at radius 1 is 1.14 bits per heavy atom. The molecule has 11 nitrogen and oxygen atoms in total. The van der Waals surface area contributed by atoms with Crippen LogP contribution in [0, 0.1) is 0 Å². The van der Waals surface area contributed by atoms with Gasteiger partial charge in [0, 0.05) is 18.2 Å². The van der Waals surface area contributed by atoms with Crippen LogP contribution in [0.3, 0.4) is 0 Å². The summed E-state index contributed by atoms with van der Waals surface area (Å²) in [5.74, 6) is -5.04. The number of hydrogen-bond acceptors (Lipinski definition) is 8. The molecule has 12 heteroatoms. The maximum absolute atomic E-state index is 12.1. The lowest BCUT2D eigenvalue weighted by molar-refractivity contribution is -0.139. The van der Waals surface area contributed by atoms with Gasteiger partial charge in [-0.2, -0.15) is 0 Å². The number of nitrogens with two attached hydrogens (primary N) is 1. The van der Waals surface area contributed by atoms with E-state index < -0.39 is 53.9 Å². The average molecular weight is 413 g/mol. The Hall–Kier alpha value is -2.99. The summed E-state index contributed by atoms with van der Waals surface area (Å²) in [7, 11) is 0. The van der Waals surface area contributed by atoms with Crippen molar-refractivity contribution in [2.24, 2.45) is 5.73 Å². The number of rotatable bonds is 11. The summed E-state index contributed by atoms with van der Waals surface area (Å²) >= 11 is 0.849. The van der Waals surface area contributed by atoms with E-state index in [9.17, 15) is 28.8 Å². The number of amides is 2. The molecule has 0 aromatic heterocycles. The van der Waals surface area contributed by atoms with Crippen molar-refractivity contribution in [3.63, 3.8) is 0 Å². The van der Waals surface area contributed by atoms with Gasteiger partial charge in [0.2, 0.25) is 11.8 Å². The van der Waals surface area contributed by atoms with E-state index in [-0.39, 0.29) is 23.5 Å². The number of carbonyl (C=O) groups is 6. The molecule has 1 rings (SSSR count). The van der Waals surface area contributed by atoms with E-state index in [0.29, 0.717) is 0 Å². The normalized spacial score (nSPS) is 15.4. The Balaban J connectivity index is 2.72. The summed E-state index contributed by atoms with van der Waals surface area (Å²) in [5.41, 5.74) is 5.31. The third-order valence-electron chi connectivity index (χ3n) is 3.39. The van der Waals surface area contributed by atoms with Crippen molar-refractivity contribution in [1.29, 1.82) is 0 Å². The maximum Gasteiger partial charge on any atom is 0.322 e. The zero-order chi connectivity index (χ0) is 21.3. The second-order valence-corrected chi connectivity index (χ2v) is 6.70. The molecule has 0 radical (unpaired) electrons. The molecule has 0 aliphatic heterocycles. The van der Waals surface area contributed by atoms with E-state index >= 15 is 0 Å². The topological polar surface area (TPSA) is 193 Å². The highest BCUT2D eigenvalue weighted by atomic mass is 32.2. The van der Waals surface area contributed by atoms with Crippen LogP contribution in [0.5, 0.6) is 0 Å². The molecule has 2 unspecified atom stereocenters. The van der Waals surface area contributed by atoms with Crippen LogP contribution in [-0.4, -0.2) is 69.9 Å². The van der Waals surface area contributed by atoms with Crippen molar-refractivity contribution in [3.05, 3.63) is 23.1 Å². The molecule has 2 atom stereocenters. The molecule has 1 aliphatic carbocycles. The van der Waals surface area contributed by atoms with Crippen molar-refractivity contribution in [2.75, 3.05) is 12.3 Å². The lowest BCUT2D eigenvalue weighted by Crippen LogP contribution is -2.49. The summed E-state index contributed by atoms with van der Waals surface area (Å²) < 4.78 is 0. The highest BCUT2D eigenvalue weighted by molar-refractivity contribution is 8.04. The van der Waals surface area contributed by atoms with E-state index in [1.807, 2.05) is 0 Å². The molecule has 6 N–H and O–H groups in total. The molecular formula is C16H19N3O8S. The second-order valence-electron chi connectivity index (χ2n) is 5.63. The molecule has 28 heavy (non-hydrogen) atoms. The third-order valence-corrected chi connectivity index (χ3v) is 4.52. The van der Waals surface area contributed by atoms with Gasteiger partial charge in [-0.25, -0.2) is 0 Å². The van der Waals surface area contributed by atoms with Crippen LogP contribution in [0.1, 0.15) is 12.8 Å². The number of thioether (sulfide) groups is 1. The molecule has 0 spiro atoms. The highest BCUT2D eigenvalue weighted by Gasteiger charge is 2.24. The minimum absolute atomic E-state index is 0.0747. The number of carboxylic acid groups (broad SMARTS) is 2. The van der Waals surface area contributed by atoms with Gasteiger partial charge in [0.05, 0.1) is 4.91 Å². The summed E-state index contributed by atoms with van der Waals surface area (Å²) in [5, 5.41) is 21.8. The van der Waals surface area contributed by atoms with Crippen molar-refractivity contribution in [2.45, 2.75) is 24.9 Å². The first-order chi connectivity index (χ1) is 13.1. The zero-order valence-corrected chi connectivity index (χ0v) is 15.4. The predicted molar refractivity (Wildman–Crippen MR) is 97.1 cm³/mol. The quantitative estimate of drug-likeness (QED) is 0.241. The fourth-order valence-electron chi connectivity index (χ4n) is 1.92. The first kappa shape index (κ1) is 23.0. The lowest BCUT2D eigenvalue weighted by Gasteiger charge is -2.18. The van der Waals surface area contributed by atoms with E-state index in [4.69, 9.17) is 15.9 Å². The summed E-state index contributed by atoms with van der Waals surface area (Å²) in [6, 6.07) is -2.46. The fraction of sp³-hybridized carbons (Fsp3) is 0.375. The minimum atomic E-state index is -1.29. The molecule has 0 bridgehead atoms. The Morgan fingerprint density at radius 3 is 2.43 bits per heavy atom. The molecule has 2 amide bonds. The monoisotopic (exact) mass is 413 g/mol. The molecule has 152 valence electrons. The number of allylic oxidation sites excluding steroid dienone is 4. The first-order valence-corrected chi connectivity index (χ1v) is 8.96. The lowest BCUT2D eigenvalue weighted by atomic mass is 10.1. The predicted octanol–water partition coefficient (Wildman–Crippen LogP) is -1.81. The van der Waals surface area contributed by atoms with E-state index in [1.165, 1.54) is 0 Å². The number of carboxylic acids is 2. The average Bonchev–Trinajstić information content (AvgIpc) is 2.63. The van der Waals surface area contributed by atoms with Crippen molar-refractivity contribution in [3.8, 4) is 0 Å². The number of nitrogens with one attached hydrogen (secondary N) is 2. The molecule has 0 aromatic carbocycles. The van der Waals surface area contributed by atoms with Gasteiger partial charge in [0.25, 0.3) is 0 Å². The molecular weight excluding hydrogens is 394 g/mol. The number of aliphatic carboxylic acids is 2. The molecule has 1 aliphatic rings. The van der Waals surface area contributed by atoms with Crippen LogP contribution in [0.25, 0.3) is 0 Å². The van der Waals surface area contributed by atoms with Gasteiger partial charge >= 0.3 is 11.9 Å². The number of hydrogen-bond donors (Lipinski definition) is 5. The molecule has 0 aromatic rings. The van der Waals surface area contributed by atoms with Crippen molar-refractivity contribution >= 4 is 47.1 Å². The van der Waals surface area contributed by atoms with Crippen LogP contribution < -0.4 is 16.4 Å². The summed E-state index contributed by atoms with van der Waals surface area (Å²) in [6.45, 7) is -0.678. The van der Waals surface area contributed by atoms with Gasteiger partial charge in [-0.3, -0.25) is 28.8 Å². The van der Waals surface area contributed by atoms with Crippen molar-refractivity contribution in [1.82, 2.24) is 10.6 Å². The number of carbonyl (C=O) groups excluding carboxylic acids is 4. The van der Waals surface area contributed by atoms with Gasteiger partial charge in [0.1, 0.15) is 18.6 Å². The van der Waals surface area contributed by atoms with Crippen LogP contribution in [0.2, 0.25) is 0 Å². The van der Waals surface area contributed by atoms with E-state index in [1.54, 1.807) is 0 Å². The smallest absolute Gasteiger partial charge is 0.322 e. The SMILES string of the molecule is NC(CCC(=O)NC(CSC1=CC(=O)C=CC1=O)C(=O)NCC(=O)O)C(=O)O.